The number of nitrogens with zero attached hydrogens (tertiary/aromatic N) is 1. The smallest absolute Gasteiger partial charge is 0.221 e. The van der Waals surface area contributed by atoms with Gasteiger partial charge >= 0.3 is 0 Å². The number of benzene rings is 1. The zero-order valence-corrected chi connectivity index (χ0v) is 8.67. The molecule has 1 aromatic heterocycles. The summed E-state index contributed by atoms with van der Waals surface area (Å²) in [6.45, 7) is 0.409. The molecule has 68 valence electrons. The van der Waals surface area contributed by atoms with E-state index in [1.165, 1.54) is 0 Å². The summed E-state index contributed by atoms with van der Waals surface area (Å²) in [5.41, 5.74) is 1.64. The van der Waals surface area contributed by atoms with Crippen molar-refractivity contribution in [2.75, 3.05) is 7.11 Å². The van der Waals surface area contributed by atoms with E-state index in [0.29, 0.717) is 12.5 Å². The van der Waals surface area contributed by atoms with Crippen molar-refractivity contribution in [3.63, 3.8) is 0 Å². The van der Waals surface area contributed by atoms with E-state index >= 15 is 0 Å². The molecule has 0 saturated carbocycles. The van der Waals surface area contributed by atoms with Crippen LogP contribution in [-0.2, 0) is 11.3 Å². The Balaban J connectivity index is 2.49. The molecule has 0 aliphatic heterocycles. The zero-order valence-electron chi connectivity index (χ0n) is 7.08. The third-order valence-electron chi connectivity index (χ3n) is 1.66. The van der Waals surface area contributed by atoms with E-state index in [1.807, 2.05) is 18.2 Å². The highest BCUT2D eigenvalue weighted by atomic mass is 79.9. The van der Waals surface area contributed by atoms with Gasteiger partial charge in [0.1, 0.15) is 12.1 Å². The van der Waals surface area contributed by atoms with E-state index in [0.717, 1.165) is 15.6 Å². The topological polar surface area (TPSA) is 35.3 Å². The molecule has 0 saturated heterocycles. The third-order valence-corrected chi connectivity index (χ3v) is 2.15. The maximum absolute atomic E-state index is 5.41. The summed E-state index contributed by atoms with van der Waals surface area (Å²) in [6, 6.07) is 5.72. The molecule has 0 atom stereocenters. The largest absolute Gasteiger partial charge is 0.438 e. The highest BCUT2D eigenvalue weighted by Gasteiger charge is 2.04. The fourth-order valence-electron chi connectivity index (χ4n) is 1.13. The maximum Gasteiger partial charge on any atom is 0.221 e. The molecule has 0 amide bonds. The van der Waals surface area contributed by atoms with E-state index in [1.54, 1.807) is 7.11 Å². The highest BCUT2D eigenvalue weighted by Crippen LogP contribution is 2.20. The van der Waals surface area contributed by atoms with Crippen molar-refractivity contribution >= 4 is 27.0 Å². The fraction of sp³-hybridized carbons (Fsp3) is 0.222. The van der Waals surface area contributed by atoms with Crippen LogP contribution in [0.4, 0.5) is 0 Å². The number of halogens is 1. The lowest BCUT2D eigenvalue weighted by molar-refractivity contribution is 0.161. The first kappa shape index (κ1) is 8.72. The van der Waals surface area contributed by atoms with Crippen molar-refractivity contribution in [1.29, 1.82) is 0 Å². The first-order valence-corrected chi connectivity index (χ1v) is 4.63. The molecule has 2 rings (SSSR count). The Kier molecular flexibility index (Phi) is 2.33. The van der Waals surface area contributed by atoms with Crippen LogP contribution in [0.3, 0.4) is 0 Å². The van der Waals surface area contributed by atoms with E-state index in [-0.39, 0.29) is 0 Å². The highest BCUT2D eigenvalue weighted by molar-refractivity contribution is 9.10. The standard InChI is InChI=1S/C9H8BrNO2/c1-12-5-9-11-7-4-6(10)2-3-8(7)13-9/h2-4H,5H2,1H3. The van der Waals surface area contributed by atoms with Crippen LogP contribution in [0.1, 0.15) is 5.89 Å². The fourth-order valence-corrected chi connectivity index (χ4v) is 1.48. The van der Waals surface area contributed by atoms with Gasteiger partial charge in [-0.1, -0.05) is 15.9 Å². The van der Waals surface area contributed by atoms with Crippen molar-refractivity contribution in [3.8, 4) is 0 Å². The van der Waals surface area contributed by atoms with Gasteiger partial charge < -0.3 is 9.15 Å². The summed E-state index contributed by atoms with van der Waals surface area (Å²) in [7, 11) is 1.62. The summed E-state index contributed by atoms with van der Waals surface area (Å²) in [6.07, 6.45) is 0. The molecule has 0 radical (unpaired) electrons. The van der Waals surface area contributed by atoms with Crippen LogP contribution in [0.15, 0.2) is 27.1 Å². The number of hydrogen-bond acceptors (Lipinski definition) is 3. The van der Waals surface area contributed by atoms with Crippen LogP contribution in [0.5, 0.6) is 0 Å². The van der Waals surface area contributed by atoms with E-state index in [9.17, 15) is 0 Å². The van der Waals surface area contributed by atoms with Gasteiger partial charge in [-0.25, -0.2) is 4.98 Å². The first-order valence-electron chi connectivity index (χ1n) is 3.83. The molecule has 0 N–H and O–H groups in total. The van der Waals surface area contributed by atoms with Crippen LogP contribution in [0, 0.1) is 0 Å². The lowest BCUT2D eigenvalue weighted by atomic mass is 10.3. The molecule has 2 aromatic rings. The van der Waals surface area contributed by atoms with Crippen LogP contribution in [0.2, 0.25) is 0 Å². The van der Waals surface area contributed by atoms with E-state index in [4.69, 9.17) is 9.15 Å². The second kappa shape index (κ2) is 3.47. The van der Waals surface area contributed by atoms with Gasteiger partial charge in [0.05, 0.1) is 0 Å². The molecule has 1 aromatic carbocycles. The zero-order chi connectivity index (χ0) is 9.26. The Bertz CT molecular complexity index is 424. The molecule has 0 unspecified atom stereocenters. The van der Waals surface area contributed by atoms with Gasteiger partial charge in [0.2, 0.25) is 5.89 Å². The number of rotatable bonds is 2. The minimum Gasteiger partial charge on any atom is -0.438 e. The summed E-state index contributed by atoms with van der Waals surface area (Å²) < 4.78 is 11.3. The van der Waals surface area contributed by atoms with Gasteiger partial charge in [-0.15, -0.1) is 0 Å². The number of fused-ring (bicyclic) bond motifs is 1. The lowest BCUT2D eigenvalue weighted by Gasteiger charge is -1.87. The molecular weight excluding hydrogens is 234 g/mol. The Morgan fingerprint density at radius 1 is 1.54 bits per heavy atom. The second-order valence-electron chi connectivity index (χ2n) is 2.65. The molecule has 0 aliphatic carbocycles. The number of aromatic nitrogens is 1. The number of hydrogen-bond donors (Lipinski definition) is 0. The van der Waals surface area contributed by atoms with Gasteiger partial charge in [0.25, 0.3) is 0 Å². The first-order chi connectivity index (χ1) is 6.29. The molecule has 13 heavy (non-hydrogen) atoms. The number of oxazole rings is 1. The Morgan fingerprint density at radius 2 is 2.38 bits per heavy atom. The van der Waals surface area contributed by atoms with Gasteiger partial charge in [0, 0.05) is 11.6 Å². The molecule has 0 fully saturated rings. The molecule has 3 nitrogen and oxygen atoms in total. The maximum atomic E-state index is 5.41. The molecule has 4 heteroatoms. The third kappa shape index (κ3) is 1.73. The van der Waals surface area contributed by atoms with E-state index < -0.39 is 0 Å². The Hall–Kier alpha value is -0.870. The number of methoxy groups -OCH3 is 1. The average Bonchev–Trinajstić information content (AvgIpc) is 2.46. The predicted octanol–water partition coefficient (Wildman–Crippen LogP) is 2.74. The normalized spacial score (nSPS) is 10.9. The quantitative estimate of drug-likeness (QED) is 0.812. The monoisotopic (exact) mass is 241 g/mol. The van der Waals surface area contributed by atoms with Crippen molar-refractivity contribution in [1.82, 2.24) is 4.98 Å². The van der Waals surface area contributed by atoms with Crippen molar-refractivity contribution < 1.29 is 9.15 Å². The molecule has 0 bridgehead atoms. The molecule has 0 spiro atoms. The van der Waals surface area contributed by atoms with Crippen LogP contribution < -0.4 is 0 Å². The van der Waals surface area contributed by atoms with Gasteiger partial charge in [-0.05, 0) is 18.2 Å². The lowest BCUT2D eigenvalue weighted by Crippen LogP contribution is -1.85. The van der Waals surface area contributed by atoms with Crippen LogP contribution in [-0.4, -0.2) is 12.1 Å². The summed E-state index contributed by atoms with van der Waals surface area (Å²) in [5, 5.41) is 0. The molecule has 1 heterocycles. The minimum absolute atomic E-state index is 0.409. The molecule has 0 aliphatic rings. The average molecular weight is 242 g/mol. The van der Waals surface area contributed by atoms with Crippen LogP contribution in [0.25, 0.3) is 11.1 Å². The second-order valence-corrected chi connectivity index (χ2v) is 3.57. The van der Waals surface area contributed by atoms with Gasteiger partial charge in [-0.2, -0.15) is 0 Å². The summed E-state index contributed by atoms with van der Waals surface area (Å²) >= 11 is 3.37. The van der Waals surface area contributed by atoms with Crippen molar-refractivity contribution in [3.05, 3.63) is 28.6 Å². The minimum atomic E-state index is 0.409. The van der Waals surface area contributed by atoms with E-state index in [2.05, 4.69) is 20.9 Å². The van der Waals surface area contributed by atoms with Gasteiger partial charge in [-0.3, -0.25) is 0 Å². The number of ether oxygens (including phenoxy) is 1. The summed E-state index contributed by atoms with van der Waals surface area (Å²) in [5.74, 6) is 0.607. The van der Waals surface area contributed by atoms with Crippen LogP contribution >= 0.6 is 15.9 Å². The van der Waals surface area contributed by atoms with Crippen molar-refractivity contribution in [2.45, 2.75) is 6.61 Å². The van der Waals surface area contributed by atoms with Crippen molar-refractivity contribution in [2.24, 2.45) is 0 Å². The Morgan fingerprint density at radius 3 is 3.15 bits per heavy atom. The molecular formula is C9H8BrNO2. The Labute approximate surface area is 83.8 Å². The SMILES string of the molecule is COCc1nc2cc(Br)ccc2o1. The predicted molar refractivity (Wildman–Crippen MR) is 52.4 cm³/mol. The summed E-state index contributed by atoms with van der Waals surface area (Å²) in [4.78, 5) is 4.24. The van der Waals surface area contributed by atoms with Gasteiger partial charge in [0.15, 0.2) is 5.58 Å².